The van der Waals surface area contributed by atoms with E-state index in [2.05, 4.69) is 36.2 Å². The summed E-state index contributed by atoms with van der Waals surface area (Å²) >= 11 is 1.31. The smallest absolute Gasteiger partial charge is 0.196 e. The Balaban J connectivity index is 1.61. The van der Waals surface area contributed by atoms with E-state index in [-0.39, 0.29) is 11.0 Å². The fraction of sp³-hybridized carbons (Fsp3) is 0.227. The number of hydrogen-bond donors (Lipinski definition) is 1. The maximum atomic E-state index is 12.5. The molecular weight excluding hydrogens is 342 g/mol. The first-order chi connectivity index (χ1) is 12.7. The maximum Gasteiger partial charge on any atom is 0.196 e. The summed E-state index contributed by atoms with van der Waals surface area (Å²) in [5, 5.41) is 3.43. The molecule has 0 saturated carbocycles. The van der Waals surface area contributed by atoms with Crippen molar-refractivity contribution in [1.29, 1.82) is 0 Å². The molecule has 2 heterocycles. The molecule has 1 aliphatic heterocycles. The van der Waals surface area contributed by atoms with Crippen LogP contribution < -0.4 is 4.74 Å². The second-order valence-corrected chi connectivity index (χ2v) is 7.62. The van der Waals surface area contributed by atoms with Crippen molar-refractivity contribution >= 4 is 33.4 Å². The number of H-pyrrole nitrogens is 1. The van der Waals surface area contributed by atoms with Crippen LogP contribution in [0.2, 0.25) is 0 Å². The summed E-state index contributed by atoms with van der Waals surface area (Å²) in [4.78, 5) is 15.8. The molecule has 26 heavy (non-hydrogen) atoms. The predicted molar refractivity (Wildman–Crippen MR) is 108 cm³/mol. The van der Waals surface area contributed by atoms with Gasteiger partial charge in [-0.3, -0.25) is 4.79 Å². The molecule has 0 spiro atoms. The highest BCUT2D eigenvalue weighted by Crippen LogP contribution is 2.39. The van der Waals surface area contributed by atoms with Gasteiger partial charge in [0, 0.05) is 28.6 Å². The van der Waals surface area contributed by atoms with Gasteiger partial charge in [-0.15, -0.1) is 0 Å². The van der Waals surface area contributed by atoms with Crippen molar-refractivity contribution in [3.05, 3.63) is 70.8 Å². The molecule has 0 aliphatic carbocycles. The lowest BCUT2D eigenvalue weighted by Gasteiger charge is -2.22. The zero-order chi connectivity index (χ0) is 18.1. The number of aromatic nitrogens is 1. The first-order valence-electron chi connectivity index (χ1n) is 8.75. The zero-order valence-corrected chi connectivity index (χ0v) is 15.7. The number of carbonyl (C=O) groups excluding carboxylic acids is 1. The summed E-state index contributed by atoms with van der Waals surface area (Å²) in [7, 11) is 1.70. The Morgan fingerprint density at radius 1 is 1.23 bits per heavy atom. The standard InChI is InChI=1S/C22H21NO2S/c1-14-7-8-19(21(9-14)25-2)17-11-15(22(24)26-13-17)10-16-12-23-20-6-4-3-5-18(16)20/h3-9,12-13,15,23H,10-11H2,1-2H3/t15-/m1/s1. The Morgan fingerprint density at radius 3 is 2.92 bits per heavy atom. The molecule has 0 bridgehead atoms. The van der Waals surface area contributed by atoms with Gasteiger partial charge >= 0.3 is 0 Å². The SMILES string of the molecule is COc1cc(C)ccc1C1=CSC(=O)[C@H](Cc2c[nH]c3ccccc23)C1. The summed E-state index contributed by atoms with van der Waals surface area (Å²) in [6, 6.07) is 14.5. The molecule has 1 N–H and O–H groups in total. The van der Waals surface area contributed by atoms with Crippen LogP contribution in [0.3, 0.4) is 0 Å². The Morgan fingerprint density at radius 2 is 2.08 bits per heavy atom. The summed E-state index contributed by atoms with van der Waals surface area (Å²) in [5.41, 5.74) is 5.76. The van der Waals surface area contributed by atoms with Gasteiger partial charge in [-0.05, 0) is 54.0 Å². The summed E-state index contributed by atoms with van der Waals surface area (Å²) in [6.07, 6.45) is 3.53. The second-order valence-electron chi connectivity index (χ2n) is 6.75. The van der Waals surface area contributed by atoms with E-state index in [9.17, 15) is 4.79 Å². The molecular formula is C22H21NO2S. The molecule has 0 fully saturated rings. The fourth-order valence-electron chi connectivity index (χ4n) is 3.58. The molecule has 1 atom stereocenters. The minimum atomic E-state index is -0.0229. The van der Waals surface area contributed by atoms with E-state index in [1.165, 1.54) is 33.8 Å². The zero-order valence-electron chi connectivity index (χ0n) is 14.9. The number of benzene rings is 2. The van der Waals surface area contributed by atoms with Crippen molar-refractivity contribution in [2.75, 3.05) is 7.11 Å². The monoisotopic (exact) mass is 363 g/mol. The number of carbonyl (C=O) groups is 1. The van der Waals surface area contributed by atoms with Gasteiger partial charge in [0.15, 0.2) is 5.12 Å². The van der Waals surface area contributed by atoms with Crippen LogP contribution in [0.15, 0.2) is 54.1 Å². The first kappa shape index (κ1) is 17.0. The van der Waals surface area contributed by atoms with Gasteiger partial charge in [-0.1, -0.05) is 42.1 Å². The van der Waals surface area contributed by atoms with Gasteiger partial charge < -0.3 is 9.72 Å². The quantitative estimate of drug-likeness (QED) is 0.679. The number of para-hydroxylation sites is 1. The third-order valence-corrected chi connectivity index (χ3v) is 5.93. The number of methoxy groups -OCH3 is 1. The molecule has 0 saturated heterocycles. The number of aryl methyl sites for hydroxylation is 1. The van der Waals surface area contributed by atoms with Crippen molar-refractivity contribution in [3.63, 3.8) is 0 Å². The van der Waals surface area contributed by atoms with E-state index < -0.39 is 0 Å². The number of aromatic amines is 1. The van der Waals surface area contributed by atoms with Gasteiger partial charge in [-0.2, -0.15) is 0 Å². The van der Waals surface area contributed by atoms with Crippen molar-refractivity contribution in [3.8, 4) is 5.75 Å². The average Bonchev–Trinajstić information content (AvgIpc) is 3.06. The molecule has 1 aliphatic rings. The minimum absolute atomic E-state index is 0.0229. The minimum Gasteiger partial charge on any atom is -0.496 e. The summed E-state index contributed by atoms with van der Waals surface area (Å²) in [5.74, 6) is 0.849. The number of thioether (sulfide) groups is 1. The number of fused-ring (bicyclic) bond motifs is 1. The number of hydrogen-bond acceptors (Lipinski definition) is 3. The van der Waals surface area contributed by atoms with Crippen LogP contribution in [0.5, 0.6) is 5.75 Å². The highest BCUT2D eigenvalue weighted by molar-refractivity contribution is 8.16. The lowest BCUT2D eigenvalue weighted by Crippen LogP contribution is -2.17. The largest absolute Gasteiger partial charge is 0.496 e. The Kier molecular flexibility index (Phi) is 4.60. The molecule has 0 unspecified atom stereocenters. The Bertz CT molecular complexity index is 1000. The lowest BCUT2D eigenvalue weighted by atomic mass is 9.90. The first-order valence-corrected chi connectivity index (χ1v) is 9.63. The number of allylic oxidation sites excluding steroid dienone is 1. The fourth-order valence-corrected chi connectivity index (χ4v) is 4.42. The van der Waals surface area contributed by atoms with Crippen LogP contribution in [0.1, 0.15) is 23.1 Å². The third kappa shape index (κ3) is 3.17. The van der Waals surface area contributed by atoms with E-state index in [4.69, 9.17) is 4.74 Å². The molecule has 4 heteroatoms. The van der Waals surface area contributed by atoms with E-state index in [0.29, 0.717) is 0 Å². The predicted octanol–water partition coefficient (Wildman–Crippen LogP) is 5.35. The third-order valence-electron chi connectivity index (χ3n) is 4.96. The van der Waals surface area contributed by atoms with Crippen molar-refractivity contribution < 1.29 is 9.53 Å². The Labute approximate surface area is 157 Å². The number of nitrogens with one attached hydrogen (secondary N) is 1. The number of ether oxygens (including phenoxy) is 1. The van der Waals surface area contributed by atoms with Crippen molar-refractivity contribution in [2.24, 2.45) is 5.92 Å². The van der Waals surface area contributed by atoms with Crippen LogP contribution in [-0.4, -0.2) is 17.2 Å². The van der Waals surface area contributed by atoms with Gasteiger partial charge in [0.25, 0.3) is 0 Å². The van der Waals surface area contributed by atoms with E-state index >= 15 is 0 Å². The highest BCUT2D eigenvalue weighted by Gasteiger charge is 2.27. The molecule has 3 aromatic rings. The van der Waals surface area contributed by atoms with Crippen molar-refractivity contribution in [1.82, 2.24) is 4.98 Å². The van der Waals surface area contributed by atoms with Crippen LogP contribution in [0.25, 0.3) is 16.5 Å². The number of rotatable bonds is 4. The van der Waals surface area contributed by atoms with Crippen LogP contribution in [-0.2, 0) is 11.2 Å². The van der Waals surface area contributed by atoms with Gasteiger partial charge in [0.1, 0.15) is 5.75 Å². The normalized spacial score (nSPS) is 17.4. The van der Waals surface area contributed by atoms with E-state index in [1.54, 1.807) is 7.11 Å². The average molecular weight is 363 g/mol. The second kappa shape index (κ2) is 7.04. The molecule has 1 aromatic heterocycles. The topological polar surface area (TPSA) is 42.1 Å². The molecule has 0 amide bonds. The van der Waals surface area contributed by atoms with Gasteiger partial charge in [0.05, 0.1) is 7.11 Å². The van der Waals surface area contributed by atoms with Crippen LogP contribution in [0, 0.1) is 12.8 Å². The summed E-state index contributed by atoms with van der Waals surface area (Å²) in [6.45, 7) is 2.06. The molecule has 4 rings (SSSR count). The lowest BCUT2D eigenvalue weighted by molar-refractivity contribution is -0.114. The van der Waals surface area contributed by atoms with Crippen LogP contribution >= 0.6 is 11.8 Å². The highest BCUT2D eigenvalue weighted by atomic mass is 32.2. The van der Waals surface area contributed by atoms with Gasteiger partial charge in [-0.25, -0.2) is 0 Å². The van der Waals surface area contributed by atoms with E-state index in [1.807, 2.05) is 29.8 Å². The van der Waals surface area contributed by atoms with E-state index in [0.717, 1.165) is 29.7 Å². The molecule has 132 valence electrons. The van der Waals surface area contributed by atoms with Crippen LogP contribution in [0.4, 0.5) is 0 Å². The molecule has 0 radical (unpaired) electrons. The summed E-state index contributed by atoms with van der Waals surface area (Å²) < 4.78 is 5.56. The molecule has 3 nitrogen and oxygen atoms in total. The molecule has 2 aromatic carbocycles. The van der Waals surface area contributed by atoms with Gasteiger partial charge in [0.2, 0.25) is 0 Å². The van der Waals surface area contributed by atoms with Crippen molar-refractivity contribution in [2.45, 2.75) is 19.8 Å². The maximum absolute atomic E-state index is 12.5. The Hall–Kier alpha value is -2.46.